The molecule has 0 bridgehead atoms. The molecule has 0 saturated heterocycles. The SMILES string of the molecule is Cc1ccc2c(c1)/C(=C\C=O)C(=O)N2Cc1ccccc1. The lowest BCUT2D eigenvalue weighted by molar-refractivity contribution is -0.113. The monoisotopic (exact) mass is 277 g/mol. The number of carbonyl (C=O) groups is 2. The van der Waals surface area contributed by atoms with Gasteiger partial charge in [-0.2, -0.15) is 0 Å². The molecule has 3 nitrogen and oxygen atoms in total. The molecule has 104 valence electrons. The van der Waals surface area contributed by atoms with Crippen LogP contribution in [0.15, 0.2) is 54.6 Å². The highest BCUT2D eigenvalue weighted by Crippen LogP contribution is 2.37. The lowest BCUT2D eigenvalue weighted by Crippen LogP contribution is -2.25. The van der Waals surface area contributed by atoms with E-state index in [0.29, 0.717) is 18.4 Å². The summed E-state index contributed by atoms with van der Waals surface area (Å²) in [6.07, 6.45) is 2.02. The van der Waals surface area contributed by atoms with Gasteiger partial charge in [0.05, 0.1) is 17.8 Å². The molecule has 3 heteroatoms. The van der Waals surface area contributed by atoms with Gasteiger partial charge in [0, 0.05) is 5.56 Å². The molecule has 0 radical (unpaired) electrons. The van der Waals surface area contributed by atoms with Crippen molar-refractivity contribution >= 4 is 23.5 Å². The normalized spacial score (nSPS) is 15.4. The van der Waals surface area contributed by atoms with Crippen molar-refractivity contribution in [1.82, 2.24) is 0 Å². The highest BCUT2D eigenvalue weighted by Gasteiger charge is 2.32. The molecule has 0 unspecified atom stereocenters. The number of aldehydes is 1. The van der Waals surface area contributed by atoms with Gasteiger partial charge in [-0.3, -0.25) is 9.59 Å². The number of hydrogen-bond acceptors (Lipinski definition) is 2. The fraction of sp³-hybridized carbons (Fsp3) is 0.111. The first kappa shape index (κ1) is 13.3. The number of amides is 1. The minimum atomic E-state index is -0.119. The zero-order valence-corrected chi connectivity index (χ0v) is 11.7. The van der Waals surface area contributed by atoms with Crippen LogP contribution in [0.1, 0.15) is 16.7 Å². The largest absolute Gasteiger partial charge is 0.303 e. The summed E-state index contributed by atoms with van der Waals surface area (Å²) in [7, 11) is 0. The smallest absolute Gasteiger partial charge is 0.259 e. The fourth-order valence-electron chi connectivity index (χ4n) is 2.62. The third-order valence-corrected chi connectivity index (χ3v) is 3.63. The van der Waals surface area contributed by atoms with E-state index in [1.54, 1.807) is 4.90 Å². The summed E-state index contributed by atoms with van der Waals surface area (Å²) >= 11 is 0. The Balaban J connectivity index is 2.05. The molecular weight excluding hydrogens is 262 g/mol. The van der Waals surface area contributed by atoms with Crippen LogP contribution in [-0.2, 0) is 16.1 Å². The van der Waals surface area contributed by atoms with Crippen LogP contribution in [0.25, 0.3) is 5.57 Å². The molecule has 2 aromatic rings. The van der Waals surface area contributed by atoms with Gasteiger partial charge in [-0.05, 0) is 30.7 Å². The first-order valence-corrected chi connectivity index (χ1v) is 6.83. The highest BCUT2D eigenvalue weighted by atomic mass is 16.2. The Labute approximate surface area is 123 Å². The first-order valence-electron chi connectivity index (χ1n) is 6.83. The van der Waals surface area contributed by atoms with Crippen molar-refractivity contribution in [2.75, 3.05) is 4.90 Å². The molecule has 21 heavy (non-hydrogen) atoms. The molecule has 0 saturated carbocycles. The third kappa shape index (κ3) is 2.38. The lowest BCUT2D eigenvalue weighted by atomic mass is 10.0. The Morgan fingerprint density at radius 2 is 1.86 bits per heavy atom. The second-order valence-electron chi connectivity index (χ2n) is 5.11. The molecule has 1 aliphatic rings. The average molecular weight is 277 g/mol. The van der Waals surface area contributed by atoms with Gasteiger partial charge in [-0.15, -0.1) is 0 Å². The van der Waals surface area contributed by atoms with E-state index in [1.807, 2.05) is 55.5 Å². The Hall–Kier alpha value is -2.68. The minimum Gasteiger partial charge on any atom is -0.303 e. The molecule has 1 aliphatic heterocycles. The van der Waals surface area contributed by atoms with E-state index < -0.39 is 0 Å². The average Bonchev–Trinajstić information content (AvgIpc) is 2.74. The van der Waals surface area contributed by atoms with Crippen molar-refractivity contribution in [2.24, 2.45) is 0 Å². The number of allylic oxidation sites excluding steroid dienone is 1. The summed E-state index contributed by atoms with van der Waals surface area (Å²) in [4.78, 5) is 25.1. The van der Waals surface area contributed by atoms with Crippen LogP contribution in [0.5, 0.6) is 0 Å². The Morgan fingerprint density at radius 1 is 1.10 bits per heavy atom. The van der Waals surface area contributed by atoms with Gasteiger partial charge in [0.15, 0.2) is 0 Å². The number of nitrogens with zero attached hydrogens (tertiary/aromatic N) is 1. The number of benzene rings is 2. The molecule has 0 fully saturated rings. The molecule has 0 aromatic heterocycles. The fourth-order valence-corrected chi connectivity index (χ4v) is 2.62. The van der Waals surface area contributed by atoms with Crippen LogP contribution >= 0.6 is 0 Å². The van der Waals surface area contributed by atoms with Gasteiger partial charge in [0.25, 0.3) is 5.91 Å². The maximum Gasteiger partial charge on any atom is 0.259 e. The molecule has 3 rings (SSSR count). The Kier molecular flexibility index (Phi) is 3.40. The predicted octanol–water partition coefficient (Wildman–Crippen LogP) is 3.12. The number of fused-ring (bicyclic) bond motifs is 1. The number of aryl methyl sites for hydroxylation is 1. The quantitative estimate of drug-likeness (QED) is 0.638. The van der Waals surface area contributed by atoms with Crippen molar-refractivity contribution in [3.05, 3.63) is 71.3 Å². The summed E-state index contributed by atoms with van der Waals surface area (Å²) in [5, 5.41) is 0. The van der Waals surface area contributed by atoms with Crippen molar-refractivity contribution in [3.63, 3.8) is 0 Å². The van der Waals surface area contributed by atoms with Crippen molar-refractivity contribution < 1.29 is 9.59 Å². The summed E-state index contributed by atoms with van der Waals surface area (Å²) in [5.41, 5.74) is 4.30. The van der Waals surface area contributed by atoms with Crippen LogP contribution in [-0.4, -0.2) is 12.2 Å². The van der Waals surface area contributed by atoms with Gasteiger partial charge in [0.2, 0.25) is 0 Å². The third-order valence-electron chi connectivity index (χ3n) is 3.63. The molecule has 1 amide bonds. The Bertz CT molecular complexity index is 732. The molecule has 0 N–H and O–H groups in total. The van der Waals surface area contributed by atoms with Crippen molar-refractivity contribution in [3.8, 4) is 0 Å². The summed E-state index contributed by atoms with van der Waals surface area (Å²) in [6, 6.07) is 15.7. The van der Waals surface area contributed by atoms with Gasteiger partial charge in [-0.1, -0.05) is 42.0 Å². The summed E-state index contributed by atoms with van der Waals surface area (Å²) in [6.45, 7) is 2.48. The maximum absolute atomic E-state index is 12.6. The molecule has 0 spiro atoms. The van der Waals surface area contributed by atoms with E-state index in [4.69, 9.17) is 0 Å². The van der Waals surface area contributed by atoms with Crippen LogP contribution < -0.4 is 4.90 Å². The second kappa shape index (κ2) is 5.37. The van der Waals surface area contributed by atoms with Crippen LogP contribution in [0, 0.1) is 6.92 Å². The van der Waals surface area contributed by atoms with E-state index in [-0.39, 0.29) is 5.91 Å². The van der Waals surface area contributed by atoms with E-state index in [1.165, 1.54) is 6.08 Å². The highest BCUT2D eigenvalue weighted by molar-refractivity contribution is 6.34. The topological polar surface area (TPSA) is 37.4 Å². The second-order valence-corrected chi connectivity index (χ2v) is 5.11. The molecule has 2 aromatic carbocycles. The van der Waals surface area contributed by atoms with Gasteiger partial charge >= 0.3 is 0 Å². The van der Waals surface area contributed by atoms with Crippen LogP contribution in [0.2, 0.25) is 0 Å². The predicted molar refractivity (Wildman–Crippen MR) is 82.9 cm³/mol. The van der Waals surface area contributed by atoms with E-state index in [0.717, 1.165) is 22.4 Å². The van der Waals surface area contributed by atoms with Crippen molar-refractivity contribution in [1.29, 1.82) is 0 Å². The van der Waals surface area contributed by atoms with Crippen LogP contribution in [0.3, 0.4) is 0 Å². The van der Waals surface area contributed by atoms with E-state index in [2.05, 4.69) is 0 Å². The van der Waals surface area contributed by atoms with Gasteiger partial charge in [0.1, 0.15) is 6.29 Å². The first-order chi connectivity index (χ1) is 10.2. The van der Waals surface area contributed by atoms with E-state index >= 15 is 0 Å². The van der Waals surface area contributed by atoms with Crippen LogP contribution in [0.4, 0.5) is 5.69 Å². The standard InChI is InChI=1S/C18H15NO2/c1-13-7-8-17-16(11-13)15(9-10-20)18(21)19(17)12-14-5-3-2-4-6-14/h2-11H,12H2,1H3/b15-9+. The van der Waals surface area contributed by atoms with Gasteiger partial charge < -0.3 is 4.90 Å². The summed E-state index contributed by atoms with van der Waals surface area (Å²) in [5.74, 6) is -0.119. The zero-order chi connectivity index (χ0) is 14.8. The van der Waals surface area contributed by atoms with Crippen molar-refractivity contribution in [2.45, 2.75) is 13.5 Å². The number of carbonyl (C=O) groups excluding carboxylic acids is 2. The Morgan fingerprint density at radius 3 is 2.57 bits per heavy atom. The molecule has 0 atom stereocenters. The maximum atomic E-state index is 12.6. The minimum absolute atomic E-state index is 0.119. The van der Waals surface area contributed by atoms with E-state index in [9.17, 15) is 9.59 Å². The zero-order valence-electron chi connectivity index (χ0n) is 11.7. The van der Waals surface area contributed by atoms with Gasteiger partial charge in [-0.25, -0.2) is 0 Å². The molecular formula is C18H15NO2. The number of rotatable bonds is 3. The molecule has 1 heterocycles. The molecule has 0 aliphatic carbocycles. The lowest BCUT2D eigenvalue weighted by Gasteiger charge is -2.17. The number of hydrogen-bond donors (Lipinski definition) is 0. The number of anilines is 1. The summed E-state index contributed by atoms with van der Waals surface area (Å²) < 4.78 is 0.